The Labute approximate surface area is 174 Å². The molecule has 23 heavy (non-hydrogen) atoms. The van der Waals surface area contributed by atoms with E-state index in [1.54, 1.807) is 0 Å². The summed E-state index contributed by atoms with van der Waals surface area (Å²) in [5, 5.41) is 19.4. The molecule has 4 nitrogen and oxygen atoms in total. The highest BCUT2D eigenvalue weighted by Gasteiger charge is 2.16. The van der Waals surface area contributed by atoms with Gasteiger partial charge in [-0.1, -0.05) is 15.9 Å². The molecule has 0 fully saturated rings. The molecule has 2 aromatic rings. The molecule has 2 aromatic carbocycles. The average Bonchev–Trinajstić information content (AvgIpc) is 2.46. The van der Waals surface area contributed by atoms with E-state index in [1.807, 2.05) is 12.1 Å². The van der Waals surface area contributed by atoms with E-state index in [9.17, 15) is 10.2 Å². The molecular formula is C14H9Br5O4. The normalized spacial score (nSPS) is 10.7. The summed E-state index contributed by atoms with van der Waals surface area (Å²) in [6.07, 6.45) is 0. The summed E-state index contributed by atoms with van der Waals surface area (Å²) in [7, 11) is 0. The van der Waals surface area contributed by atoms with Gasteiger partial charge in [0.25, 0.3) is 0 Å². The summed E-state index contributed by atoms with van der Waals surface area (Å²) in [6.45, 7) is 0.489. The maximum Gasteiger partial charge on any atom is 0.155 e. The lowest BCUT2D eigenvalue weighted by molar-refractivity contribution is 0.212. The zero-order valence-corrected chi connectivity index (χ0v) is 19.2. The molecule has 0 saturated carbocycles. The van der Waals surface area contributed by atoms with E-state index in [-0.39, 0.29) is 24.7 Å². The van der Waals surface area contributed by atoms with Gasteiger partial charge in [-0.15, -0.1) is 0 Å². The van der Waals surface area contributed by atoms with Crippen molar-refractivity contribution in [3.05, 3.63) is 40.6 Å². The number of phenols is 2. The molecule has 0 radical (unpaired) electrons. The van der Waals surface area contributed by atoms with Crippen molar-refractivity contribution in [3.8, 4) is 23.0 Å². The Bertz CT molecular complexity index is 686. The van der Waals surface area contributed by atoms with Gasteiger partial charge in [0.15, 0.2) is 5.75 Å². The fourth-order valence-corrected chi connectivity index (χ4v) is 5.27. The smallest absolute Gasteiger partial charge is 0.155 e. The monoisotopic (exact) mass is 636 g/mol. The van der Waals surface area contributed by atoms with Gasteiger partial charge in [-0.05, 0) is 75.9 Å². The first-order valence-electron chi connectivity index (χ1n) is 6.11. The van der Waals surface area contributed by atoms with Crippen LogP contribution < -0.4 is 9.47 Å². The van der Waals surface area contributed by atoms with Crippen molar-refractivity contribution in [1.29, 1.82) is 0 Å². The highest BCUT2D eigenvalue weighted by molar-refractivity contribution is 9.12. The van der Waals surface area contributed by atoms with E-state index >= 15 is 0 Å². The lowest BCUT2D eigenvalue weighted by atomic mass is 10.3. The van der Waals surface area contributed by atoms with Crippen LogP contribution in [0.2, 0.25) is 0 Å². The number of benzene rings is 2. The van der Waals surface area contributed by atoms with Gasteiger partial charge in [-0.3, -0.25) is 0 Å². The second-order valence-electron chi connectivity index (χ2n) is 4.27. The molecule has 0 aliphatic carbocycles. The zero-order valence-electron chi connectivity index (χ0n) is 11.2. The summed E-state index contributed by atoms with van der Waals surface area (Å²) < 4.78 is 14.5. The highest BCUT2D eigenvalue weighted by Crippen LogP contribution is 2.45. The molecule has 0 spiro atoms. The Kier molecular flexibility index (Phi) is 7.09. The summed E-state index contributed by atoms with van der Waals surface area (Å²) >= 11 is 16.7. The molecule has 2 rings (SSSR count). The largest absolute Gasteiger partial charge is 0.506 e. The molecule has 0 heterocycles. The first-order chi connectivity index (χ1) is 10.8. The Morgan fingerprint density at radius 3 is 1.61 bits per heavy atom. The highest BCUT2D eigenvalue weighted by atomic mass is 79.9. The van der Waals surface area contributed by atoms with Crippen LogP contribution in [0, 0.1) is 0 Å². The van der Waals surface area contributed by atoms with E-state index in [0.717, 1.165) is 13.4 Å². The van der Waals surface area contributed by atoms with Gasteiger partial charge in [0, 0.05) is 10.5 Å². The van der Waals surface area contributed by atoms with Crippen LogP contribution in [0.25, 0.3) is 0 Å². The van der Waals surface area contributed by atoms with Gasteiger partial charge in [0.05, 0.1) is 8.95 Å². The minimum absolute atomic E-state index is 0.111. The zero-order chi connectivity index (χ0) is 17.1. The van der Waals surface area contributed by atoms with E-state index < -0.39 is 0 Å². The van der Waals surface area contributed by atoms with Gasteiger partial charge >= 0.3 is 0 Å². The molecule has 9 heteroatoms. The molecule has 2 N–H and O–H groups in total. The number of ether oxygens (including phenoxy) is 2. The van der Waals surface area contributed by atoms with Crippen LogP contribution in [0.1, 0.15) is 0 Å². The van der Waals surface area contributed by atoms with Crippen LogP contribution in [-0.2, 0) is 0 Å². The van der Waals surface area contributed by atoms with Gasteiger partial charge in [-0.2, -0.15) is 0 Å². The molecule has 0 atom stereocenters. The number of phenolic OH excluding ortho intramolecular Hbond substituents is 2. The van der Waals surface area contributed by atoms with Crippen LogP contribution in [0.3, 0.4) is 0 Å². The molecular weight excluding hydrogens is 632 g/mol. The molecule has 0 bridgehead atoms. The quantitative estimate of drug-likeness (QED) is 0.373. The molecule has 0 saturated heterocycles. The lowest BCUT2D eigenvalue weighted by Gasteiger charge is -2.14. The topological polar surface area (TPSA) is 58.9 Å². The molecule has 0 amide bonds. The van der Waals surface area contributed by atoms with Gasteiger partial charge in [0.2, 0.25) is 0 Å². The molecule has 124 valence electrons. The fraction of sp³-hybridized carbons (Fsp3) is 0.143. The van der Waals surface area contributed by atoms with Crippen molar-refractivity contribution in [2.75, 3.05) is 13.2 Å². The number of hydrogen-bond donors (Lipinski definition) is 2. The number of halogens is 5. The fourth-order valence-electron chi connectivity index (χ4n) is 1.67. The first-order valence-corrected chi connectivity index (χ1v) is 10.1. The molecule has 0 aromatic heterocycles. The third kappa shape index (κ3) is 4.78. The first kappa shape index (κ1) is 19.4. The van der Waals surface area contributed by atoms with Gasteiger partial charge in [-0.25, -0.2) is 0 Å². The maximum atomic E-state index is 9.68. The molecule has 0 aliphatic heterocycles. The summed E-state index contributed by atoms with van der Waals surface area (Å²) in [4.78, 5) is 0. The van der Waals surface area contributed by atoms with Crippen molar-refractivity contribution in [3.63, 3.8) is 0 Å². The van der Waals surface area contributed by atoms with E-state index in [1.165, 1.54) is 6.07 Å². The van der Waals surface area contributed by atoms with Crippen LogP contribution in [-0.4, -0.2) is 23.4 Å². The summed E-state index contributed by atoms with van der Waals surface area (Å²) in [5.74, 6) is 0.744. The van der Waals surface area contributed by atoms with Crippen molar-refractivity contribution < 1.29 is 19.7 Å². The molecule has 0 unspecified atom stereocenters. The number of rotatable bonds is 5. The van der Waals surface area contributed by atoms with E-state index in [2.05, 4.69) is 79.6 Å². The van der Waals surface area contributed by atoms with Crippen LogP contribution in [0.5, 0.6) is 23.0 Å². The number of aromatic hydroxyl groups is 2. The third-order valence-electron chi connectivity index (χ3n) is 2.66. The second-order valence-corrected chi connectivity index (χ2v) is 8.48. The lowest BCUT2D eigenvalue weighted by Crippen LogP contribution is -2.10. The summed E-state index contributed by atoms with van der Waals surface area (Å²) in [5.41, 5.74) is 0. The maximum absolute atomic E-state index is 9.68. The van der Waals surface area contributed by atoms with Crippen molar-refractivity contribution >= 4 is 79.6 Å². The summed E-state index contributed by atoms with van der Waals surface area (Å²) in [6, 6.07) is 4.97. The van der Waals surface area contributed by atoms with E-state index in [4.69, 9.17) is 9.47 Å². The second kappa shape index (κ2) is 8.42. The minimum Gasteiger partial charge on any atom is -0.506 e. The average molecular weight is 641 g/mol. The van der Waals surface area contributed by atoms with Crippen molar-refractivity contribution in [2.45, 2.75) is 0 Å². The Hall–Kier alpha value is 0.0400. The van der Waals surface area contributed by atoms with Crippen LogP contribution >= 0.6 is 79.6 Å². The SMILES string of the molecule is Oc1cc(O)c(Br)c(OCCOc2c(Br)cc(Br)cc2Br)c1Br. The third-order valence-corrected chi connectivity index (χ3v) is 5.83. The Morgan fingerprint density at radius 2 is 1.13 bits per heavy atom. The van der Waals surface area contributed by atoms with Crippen molar-refractivity contribution in [2.24, 2.45) is 0 Å². The standard InChI is InChI=1S/C14H9Br5O4/c15-6-3-7(16)13(8(17)4-6)22-1-2-23-14-11(18)9(20)5-10(21)12(14)19/h3-5,20-21H,1-2H2. The molecule has 0 aliphatic rings. The van der Waals surface area contributed by atoms with Crippen LogP contribution in [0.15, 0.2) is 40.6 Å². The Morgan fingerprint density at radius 1 is 0.696 bits per heavy atom. The van der Waals surface area contributed by atoms with E-state index in [0.29, 0.717) is 20.4 Å². The number of hydrogen-bond acceptors (Lipinski definition) is 4. The Balaban J connectivity index is 2.02. The predicted octanol–water partition coefficient (Wildman–Crippen LogP) is 6.37. The van der Waals surface area contributed by atoms with Crippen molar-refractivity contribution in [1.82, 2.24) is 0 Å². The van der Waals surface area contributed by atoms with Gasteiger partial charge < -0.3 is 19.7 Å². The van der Waals surface area contributed by atoms with Gasteiger partial charge in [0.1, 0.15) is 39.4 Å². The minimum atomic E-state index is -0.111. The van der Waals surface area contributed by atoms with Crippen LogP contribution in [0.4, 0.5) is 0 Å². The predicted molar refractivity (Wildman–Crippen MR) is 106 cm³/mol.